The number of esters is 2. The summed E-state index contributed by atoms with van der Waals surface area (Å²) in [6.07, 6.45) is -3.00. The number of hydrogen-bond acceptors (Lipinski definition) is 9. The van der Waals surface area contributed by atoms with Crippen LogP contribution in [0.1, 0.15) is 37.0 Å². The van der Waals surface area contributed by atoms with Gasteiger partial charge in [-0.05, 0) is 19.1 Å². The van der Waals surface area contributed by atoms with Gasteiger partial charge in [0.05, 0.1) is 12.8 Å². The van der Waals surface area contributed by atoms with Crippen LogP contribution in [-0.2, 0) is 23.9 Å². The Hall–Kier alpha value is -3.51. The third-order valence-electron chi connectivity index (χ3n) is 2.94. The van der Waals surface area contributed by atoms with Gasteiger partial charge in [0.1, 0.15) is 17.5 Å². The van der Waals surface area contributed by atoms with Gasteiger partial charge in [-0.1, -0.05) is 12.1 Å². The Kier molecular flexibility index (Phi) is 9.98. The van der Waals surface area contributed by atoms with Gasteiger partial charge in [-0.3, -0.25) is 20.1 Å². The molecule has 160 valence electrons. The Morgan fingerprint density at radius 1 is 1.03 bits per heavy atom. The van der Waals surface area contributed by atoms with Crippen LogP contribution in [0, 0.1) is 0 Å². The number of hydrogen-bond donors (Lipinski definition) is 5. The van der Waals surface area contributed by atoms with Gasteiger partial charge in [0.2, 0.25) is 0 Å². The molecule has 0 aliphatic rings. The Labute approximate surface area is 164 Å². The van der Waals surface area contributed by atoms with Crippen LogP contribution < -0.4 is 10.5 Å². The summed E-state index contributed by atoms with van der Waals surface area (Å²) < 4.78 is 9.67. The lowest BCUT2D eigenvalue weighted by atomic mass is 9.96. The third kappa shape index (κ3) is 9.83. The van der Waals surface area contributed by atoms with Crippen LogP contribution in [0.2, 0.25) is 0 Å². The molecule has 1 atom stereocenters. The van der Waals surface area contributed by atoms with E-state index >= 15 is 0 Å². The lowest BCUT2D eigenvalue weighted by Gasteiger charge is -2.18. The van der Waals surface area contributed by atoms with Crippen molar-refractivity contribution >= 4 is 29.8 Å². The molecule has 1 aromatic carbocycles. The van der Waals surface area contributed by atoms with E-state index in [-0.39, 0.29) is 11.3 Å². The van der Waals surface area contributed by atoms with Crippen LogP contribution in [0.25, 0.3) is 0 Å². The first-order valence-electron chi connectivity index (χ1n) is 7.92. The van der Waals surface area contributed by atoms with E-state index in [1.807, 2.05) is 0 Å². The fraction of sp³-hybridized carbons (Fsp3) is 0.353. The molecule has 0 fully saturated rings. The molecule has 0 aliphatic carbocycles. The average Bonchev–Trinajstić information content (AvgIpc) is 2.53. The van der Waals surface area contributed by atoms with Gasteiger partial charge in [-0.15, -0.1) is 0 Å². The number of aliphatic hydroxyl groups is 1. The summed E-state index contributed by atoms with van der Waals surface area (Å²) in [5.74, 6) is -5.97. The van der Waals surface area contributed by atoms with Gasteiger partial charge in [-0.2, -0.15) is 0 Å². The molecule has 0 saturated heterocycles. The minimum Gasteiger partial charge on any atom is -0.481 e. The molecule has 1 aromatic rings. The molecule has 1 rings (SSSR count). The lowest BCUT2D eigenvalue weighted by molar-refractivity contribution is -0.170. The summed E-state index contributed by atoms with van der Waals surface area (Å²) in [4.78, 5) is 52.9. The summed E-state index contributed by atoms with van der Waals surface area (Å²) in [6.45, 7) is 2.79. The highest BCUT2D eigenvalue weighted by Gasteiger charge is 2.40. The summed E-state index contributed by atoms with van der Waals surface area (Å²) in [5, 5.41) is 33.8. The predicted molar refractivity (Wildman–Crippen MR) is 93.9 cm³/mol. The van der Waals surface area contributed by atoms with Gasteiger partial charge >= 0.3 is 29.8 Å². The molecule has 0 saturated carbocycles. The normalized spacial score (nSPS) is 11.3. The minimum absolute atomic E-state index is 0.167. The Balaban J connectivity index is 0.000000555. The molecule has 0 amide bonds. The third-order valence-corrected chi connectivity index (χ3v) is 2.94. The molecule has 0 radical (unpaired) electrons. The van der Waals surface area contributed by atoms with E-state index in [0.717, 1.165) is 0 Å². The average molecular weight is 415 g/mol. The molecule has 0 spiro atoms. The fourth-order valence-electron chi connectivity index (χ4n) is 1.83. The number of benzene rings is 1. The molecule has 1 unspecified atom stereocenters. The quantitative estimate of drug-likeness (QED) is 0.213. The van der Waals surface area contributed by atoms with Crippen molar-refractivity contribution in [1.29, 1.82) is 0 Å². The van der Waals surface area contributed by atoms with Crippen LogP contribution in [0.15, 0.2) is 24.3 Å². The minimum atomic E-state index is -2.74. The van der Waals surface area contributed by atoms with E-state index in [4.69, 9.17) is 35.6 Å². The van der Waals surface area contributed by atoms with Gasteiger partial charge < -0.3 is 29.9 Å². The number of nitrogens with two attached hydrogens (primary N) is 1. The second-order valence-corrected chi connectivity index (χ2v) is 5.68. The molecule has 12 heteroatoms. The van der Waals surface area contributed by atoms with E-state index in [2.05, 4.69) is 0 Å². The van der Waals surface area contributed by atoms with Crippen molar-refractivity contribution < 1.29 is 53.9 Å². The highest BCUT2D eigenvalue weighted by atomic mass is 16.6. The van der Waals surface area contributed by atoms with E-state index < -0.39 is 54.5 Å². The zero-order valence-corrected chi connectivity index (χ0v) is 15.5. The maximum atomic E-state index is 11.6. The first kappa shape index (κ1) is 25.5. The standard InChI is InChI=1S/C11H13NO4.C6H8O7/c1-7(12)15-11(14)9-5-3-4-6-10(9)16-8(2)13;7-3(8)1-6(13,5(11)12)2-4(9)10/h3-7H,12H2,1-2H3;13H,1-2H2,(H,7,8)(H,9,10)(H,11,12). The van der Waals surface area contributed by atoms with Crippen molar-refractivity contribution in [2.24, 2.45) is 5.73 Å². The van der Waals surface area contributed by atoms with Gasteiger partial charge in [0.25, 0.3) is 0 Å². The summed E-state index contributed by atoms with van der Waals surface area (Å²) in [5.41, 5.74) is 2.77. The van der Waals surface area contributed by atoms with Gasteiger partial charge in [0.15, 0.2) is 5.60 Å². The highest BCUT2D eigenvalue weighted by Crippen LogP contribution is 2.19. The van der Waals surface area contributed by atoms with E-state index in [1.54, 1.807) is 12.1 Å². The van der Waals surface area contributed by atoms with Crippen molar-refractivity contribution in [3.8, 4) is 5.75 Å². The number of carbonyl (C=O) groups excluding carboxylic acids is 2. The van der Waals surface area contributed by atoms with E-state index in [9.17, 15) is 24.0 Å². The molecule has 12 nitrogen and oxygen atoms in total. The molecule has 0 aromatic heterocycles. The molecule has 6 N–H and O–H groups in total. The Morgan fingerprint density at radius 2 is 1.52 bits per heavy atom. The zero-order valence-electron chi connectivity index (χ0n) is 15.5. The van der Waals surface area contributed by atoms with Crippen molar-refractivity contribution in [3.05, 3.63) is 29.8 Å². The maximum absolute atomic E-state index is 11.6. The van der Waals surface area contributed by atoms with E-state index in [0.29, 0.717) is 0 Å². The topological polar surface area (TPSA) is 211 Å². The SMILES string of the molecule is CC(=O)Oc1ccccc1C(=O)OC(C)N.O=C(O)CC(O)(CC(=O)O)C(=O)O. The van der Waals surface area contributed by atoms with Crippen LogP contribution in [0.5, 0.6) is 5.75 Å². The molecule has 0 heterocycles. The highest BCUT2D eigenvalue weighted by molar-refractivity contribution is 5.93. The van der Waals surface area contributed by atoms with Crippen LogP contribution in [0.3, 0.4) is 0 Å². The second-order valence-electron chi connectivity index (χ2n) is 5.68. The van der Waals surface area contributed by atoms with Crippen molar-refractivity contribution in [2.45, 2.75) is 38.5 Å². The van der Waals surface area contributed by atoms with Crippen LogP contribution in [0.4, 0.5) is 0 Å². The molecular formula is C17H21NO11. The van der Waals surface area contributed by atoms with Crippen LogP contribution in [-0.4, -0.2) is 62.1 Å². The molecule has 0 bridgehead atoms. The largest absolute Gasteiger partial charge is 0.481 e. The van der Waals surface area contributed by atoms with E-state index in [1.165, 1.54) is 26.0 Å². The van der Waals surface area contributed by atoms with Crippen molar-refractivity contribution in [1.82, 2.24) is 0 Å². The van der Waals surface area contributed by atoms with Crippen molar-refractivity contribution in [2.75, 3.05) is 0 Å². The van der Waals surface area contributed by atoms with Crippen LogP contribution >= 0.6 is 0 Å². The fourth-order valence-corrected chi connectivity index (χ4v) is 1.83. The molecule has 29 heavy (non-hydrogen) atoms. The number of aliphatic carboxylic acids is 3. The monoisotopic (exact) mass is 415 g/mol. The number of carbonyl (C=O) groups is 5. The number of rotatable bonds is 8. The van der Waals surface area contributed by atoms with Crippen molar-refractivity contribution in [3.63, 3.8) is 0 Å². The molecular weight excluding hydrogens is 394 g/mol. The van der Waals surface area contributed by atoms with Gasteiger partial charge in [-0.25, -0.2) is 9.59 Å². The van der Waals surface area contributed by atoms with Gasteiger partial charge in [0, 0.05) is 6.92 Å². The second kappa shape index (κ2) is 11.4. The predicted octanol–water partition coefficient (Wildman–Crippen LogP) is -0.175. The zero-order chi connectivity index (χ0) is 22.8. The number of ether oxygens (including phenoxy) is 2. The summed E-state index contributed by atoms with van der Waals surface area (Å²) in [6, 6.07) is 6.31. The first-order valence-corrected chi connectivity index (χ1v) is 7.92. The number of para-hydroxylation sites is 1. The Morgan fingerprint density at radius 3 is 1.90 bits per heavy atom. The Bertz CT molecular complexity index is 756. The number of carboxylic acids is 3. The maximum Gasteiger partial charge on any atom is 0.343 e. The summed E-state index contributed by atoms with van der Waals surface area (Å²) >= 11 is 0. The first-order chi connectivity index (χ1) is 13.3. The lowest BCUT2D eigenvalue weighted by Crippen LogP contribution is -2.42. The summed E-state index contributed by atoms with van der Waals surface area (Å²) in [7, 11) is 0. The number of carboxylic acid groups (broad SMARTS) is 3. The smallest absolute Gasteiger partial charge is 0.343 e. The molecule has 0 aliphatic heterocycles.